The predicted octanol–water partition coefficient (Wildman–Crippen LogP) is 3.98. The first kappa shape index (κ1) is 20.1. The topological polar surface area (TPSA) is 52.6 Å². The van der Waals surface area contributed by atoms with Crippen LogP contribution in [0, 0.1) is 5.92 Å². The smallest absolute Gasteiger partial charge is 0.335 e. The normalized spacial score (nSPS) is 12.5. The van der Waals surface area contributed by atoms with Crippen LogP contribution in [0.25, 0.3) is 0 Å². The highest BCUT2D eigenvalue weighted by Crippen LogP contribution is 2.19. The number of nitrogens with zero attached hydrogens (tertiary/aromatic N) is 1. The monoisotopic (exact) mass is 354 g/mol. The fourth-order valence-corrected chi connectivity index (χ4v) is 3.06. The van der Waals surface area contributed by atoms with E-state index in [9.17, 15) is 4.79 Å². The van der Waals surface area contributed by atoms with Crippen LogP contribution in [0.5, 0.6) is 0 Å². The molecule has 0 radical (unpaired) electrons. The van der Waals surface area contributed by atoms with Crippen molar-refractivity contribution in [3.8, 4) is 0 Å². The number of carboxylic acids is 1. The van der Waals surface area contributed by atoms with Gasteiger partial charge in [-0.3, -0.25) is 0 Å². The number of carboxylic acid groups (broad SMARTS) is 1. The Labute approximate surface area is 156 Å². The minimum absolute atomic E-state index is 0.293. The maximum Gasteiger partial charge on any atom is 0.335 e. The average molecular weight is 354 g/mol. The molecule has 0 aliphatic carbocycles. The second kappa shape index (κ2) is 9.51. The zero-order valence-corrected chi connectivity index (χ0v) is 16.2. The molecule has 0 bridgehead atoms. The highest BCUT2D eigenvalue weighted by molar-refractivity contribution is 5.87. The molecule has 26 heavy (non-hydrogen) atoms. The number of benzene rings is 2. The molecule has 4 nitrogen and oxygen atoms in total. The number of likely N-dealkylation sites (N-methyl/N-ethyl adjacent to an activating group) is 1. The van der Waals surface area contributed by atoms with Crippen molar-refractivity contribution < 1.29 is 9.90 Å². The van der Waals surface area contributed by atoms with Crippen molar-refractivity contribution in [1.29, 1.82) is 0 Å². The summed E-state index contributed by atoms with van der Waals surface area (Å²) in [6.07, 6.45) is 1.11. The maximum absolute atomic E-state index is 10.9. The first-order valence-electron chi connectivity index (χ1n) is 9.15. The molecule has 1 atom stereocenters. The van der Waals surface area contributed by atoms with E-state index in [1.165, 1.54) is 11.1 Å². The van der Waals surface area contributed by atoms with Gasteiger partial charge in [0.1, 0.15) is 0 Å². The molecule has 2 rings (SSSR count). The van der Waals surface area contributed by atoms with Gasteiger partial charge < -0.3 is 15.3 Å². The molecule has 2 aromatic carbocycles. The molecule has 0 saturated heterocycles. The van der Waals surface area contributed by atoms with E-state index in [-0.39, 0.29) is 0 Å². The predicted molar refractivity (Wildman–Crippen MR) is 107 cm³/mol. The first-order valence-corrected chi connectivity index (χ1v) is 9.15. The van der Waals surface area contributed by atoms with E-state index in [1.54, 1.807) is 12.1 Å². The molecule has 0 saturated carbocycles. The van der Waals surface area contributed by atoms with Crippen molar-refractivity contribution in [2.45, 2.75) is 32.9 Å². The number of rotatable bonds is 9. The molecule has 1 unspecified atom stereocenters. The van der Waals surface area contributed by atoms with Crippen LogP contribution in [0.4, 0.5) is 0 Å². The molecule has 140 valence electrons. The zero-order chi connectivity index (χ0) is 19.1. The lowest BCUT2D eigenvalue weighted by molar-refractivity contribution is 0.0697. The van der Waals surface area contributed by atoms with Gasteiger partial charge in [0.15, 0.2) is 0 Å². The first-order chi connectivity index (χ1) is 12.4. The van der Waals surface area contributed by atoms with Gasteiger partial charge in [0.25, 0.3) is 0 Å². The Morgan fingerprint density at radius 1 is 1.00 bits per heavy atom. The van der Waals surface area contributed by atoms with E-state index < -0.39 is 5.97 Å². The molecular formula is C22H30N2O2. The second-order valence-corrected chi connectivity index (χ2v) is 7.45. The van der Waals surface area contributed by atoms with Gasteiger partial charge in [0, 0.05) is 19.1 Å². The largest absolute Gasteiger partial charge is 0.478 e. The van der Waals surface area contributed by atoms with Crippen molar-refractivity contribution in [2.75, 3.05) is 20.6 Å². The lowest BCUT2D eigenvalue weighted by atomic mass is 9.99. The molecule has 0 aliphatic rings. The van der Waals surface area contributed by atoms with Crippen LogP contribution in [0.3, 0.4) is 0 Å². The van der Waals surface area contributed by atoms with Crippen molar-refractivity contribution >= 4 is 5.97 Å². The fraction of sp³-hybridized carbons (Fsp3) is 0.409. The van der Waals surface area contributed by atoms with Crippen molar-refractivity contribution in [3.05, 3.63) is 70.8 Å². The lowest BCUT2D eigenvalue weighted by Crippen LogP contribution is -2.30. The van der Waals surface area contributed by atoms with Crippen LogP contribution < -0.4 is 5.32 Å². The lowest BCUT2D eigenvalue weighted by Gasteiger charge is -2.25. The summed E-state index contributed by atoms with van der Waals surface area (Å²) in [5.41, 5.74) is 4.09. The van der Waals surface area contributed by atoms with Gasteiger partial charge in [-0.25, -0.2) is 4.79 Å². The van der Waals surface area contributed by atoms with Gasteiger partial charge in [-0.15, -0.1) is 0 Å². The van der Waals surface area contributed by atoms with Crippen LogP contribution in [-0.4, -0.2) is 36.6 Å². The summed E-state index contributed by atoms with van der Waals surface area (Å²) in [7, 11) is 4.19. The summed E-state index contributed by atoms with van der Waals surface area (Å²) in [6, 6.07) is 16.2. The summed E-state index contributed by atoms with van der Waals surface area (Å²) in [6.45, 7) is 6.03. The fourth-order valence-electron chi connectivity index (χ4n) is 3.06. The highest BCUT2D eigenvalue weighted by Gasteiger charge is 2.14. The van der Waals surface area contributed by atoms with Crippen LogP contribution in [0.2, 0.25) is 0 Å². The minimum atomic E-state index is -0.891. The Balaban J connectivity index is 1.94. The number of carbonyl (C=O) groups is 1. The van der Waals surface area contributed by atoms with Crippen LogP contribution in [0.15, 0.2) is 48.5 Å². The summed E-state index contributed by atoms with van der Waals surface area (Å²) in [5.74, 6) is -0.224. The Morgan fingerprint density at radius 2 is 1.58 bits per heavy atom. The van der Waals surface area contributed by atoms with Crippen LogP contribution in [-0.2, 0) is 13.0 Å². The third-order valence-corrected chi connectivity index (χ3v) is 4.50. The van der Waals surface area contributed by atoms with E-state index >= 15 is 0 Å². The number of hydrogen-bond acceptors (Lipinski definition) is 3. The summed E-state index contributed by atoms with van der Waals surface area (Å²) in [5, 5.41) is 12.4. The standard InChI is InChI=1S/C22H30N2O2/c1-16(2)13-17-5-9-19(10-6-17)21(24(3)4)15-23-14-18-7-11-20(12-8-18)22(25)26/h5-12,16,21,23H,13-15H2,1-4H3,(H,25,26). The average Bonchev–Trinajstić information content (AvgIpc) is 2.59. The van der Waals surface area contributed by atoms with Crippen molar-refractivity contribution in [2.24, 2.45) is 5.92 Å². The number of aromatic carboxylic acids is 1. The van der Waals surface area contributed by atoms with Gasteiger partial charge in [-0.05, 0) is 55.3 Å². The van der Waals surface area contributed by atoms with Gasteiger partial charge in [-0.1, -0.05) is 50.2 Å². The van der Waals surface area contributed by atoms with Gasteiger partial charge in [0.05, 0.1) is 5.56 Å². The molecule has 2 N–H and O–H groups in total. The van der Waals surface area contributed by atoms with E-state index in [2.05, 4.69) is 62.4 Å². The van der Waals surface area contributed by atoms with Crippen molar-refractivity contribution in [1.82, 2.24) is 10.2 Å². The molecule has 0 aliphatic heterocycles. The molecular weight excluding hydrogens is 324 g/mol. The third kappa shape index (κ3) is 5.97. The Hall–Kier alpha value is -2.17. The molecule has 0 spiro atoms. The van der Waals surface area contributed by atoms with Gasteiger partial charge >= 0.3 is 5.97 Å². The number of nitrogens with one attached hydrogen (secondary N) is 1. The zero-order valence-electron chi connectivity index (χ0n) is 16.2. The molecule has 2 aromatic rings. The van der Waals surface area contributed by atoms with Gasteiger partial charge in [0.2, 0.25) is 0 Å². The van der Waals surface area contributed by atoms with E-state index in [4.69, 9.17) is 5.11 Å². The molecule has 0 heterocycles. The van der Waals surface area contributed by atoms with Gasteiger partial charge in [-0.2, -0.15) is 0 Å². The van der Waals surface area contributed by atoms with Crippen LogP contribution in [0.1, 0.15) is 46.9 Å². The van der Waals surface area contributed by atoms with Crippen molar-refractivity contribution in [3.63, 3.8) is 0 Å². The summed E-state index contributed by atoms with van der Waals surface area (Å²) >= 11 is 0. The SMILES string of the molecule is CC(C)Cc1ccc(C(CNCc2ccc(C(=O)O)cc2)N(C)C)cc1. The molecule has 0 fully saturated rings. The second-order valence-electron chi connectivity index (χ2n) is 7.45. The highest BCUT2D eigenvalue weighted by atomic mass is 16.4. The third-order valence-electron chi connectivity index (χ3n) is 4.50. The maximum atomic E-state index is 10.9. The van der Waals surface area contributed by atoms with Crippen LogP contribution >= 0.6 is 0 Å². The summed E-state index contributed by atoms with van der Waals surface area (Å²) < 4.78 is 0. The summed E-state index contributed by atoms with van der Waals surface area (Å²) in [4.78, 5) is 13.1. The van der Waals surface area contributed by atoms with E-state index in [0.717, 1.165) is 25.1 Å². The molecule has 0 amide bonds. The quantitative estimate of drug-likeness (QED) is 0.715. The number of hydrogen-bond donors (Lipinski definition) is 2. The minimum Gasteiger partial charge on any atom is -0.478 e. The molecule has 4 heteroatoms. The Kier molecular flexibility index (Phi) is 7.37. The van der Waals surface area contributed by atoms with E-state index in [1.807, 2.05) is 12.1 Å². The Morgan fingerprint density at radius 3 is 2.08 bits per heavy atom. The molecule has 0 aromatic heterocycles. The Bertz CT molecular complexity index is 691. The van der Waals surface area contributed by atoms with E-state index in [0.29, 0.717) is 17.5 Å².